The number of rotatable bonds is 2. The van der Waals surface area contributed by atoms with Crippen LogP contribution in [0.2, 0.25) is 0 Å². The van der Waals surface area contributed by atoms with Crippen LogP contribution in [-0.2, 0) is 0 Å². The van der Waals surface area contributed by atoms with Crippen LogP contribution >= 0.6 is 0 Å². The number of piperidine rings is 1. The van der Waals surface area contributed by atoms with Gasteiger partial charge in [0, 0.05) is 31.5 Å². The zero-order valence-corrected chi connectivity index (χ0v) is 10.5. The van der Waals surface area contributed by atoms with Crippen LogP contribution in [0, 0.1) is 11.6 Å². The van der Waals surface area contributed by atoms with Crippen molar-refractivity contribution >= 4 is 5.69 Å². The minimum absolute atomic E-state index is 0.370. The van der Waals surface area contributed by atoms with Gasteiger partial charge in [0.05, 0.1) is 11.7 Å². The molecule has 2 heterocycles. The molecule has 19 heavy (non-hydrogen) atoms. The maximum Gasteiger partial charge on any atom is 0.149 e. The van der Waals surface area contributed by atoms with E-state index in [-0.39, 0.29) is 0 Å². The largest absolute Gasteiger partial charge is 0.369 e. The zero-order valence-electron chi connectivity index (χ0n) is 10.5. The van der Waals surface area contributed by atoms with Crippen molar-refractivity contribution in [3.63, 3.8) is 0 Å². The predicted molar refractivity (Wildman–Crippen MR) is 69.1 cm³/mol. The summed E-state index contributed by atoms with van der Waals surface area (Å²) in [7, 11) is 0. The Kier molecular flexibility index (Phi) is 3.19. The summed E-state index contributed by atoms with van der Waals surface area (Å²) in [5, 5.41) is 4.24. The van der Waals surface area contributed by atoms with Crippen molar-refractivity contribution in [3.05, 3.63) is 48.3 Å². The summed E-state index contributed by atoms with van der Waals surface area (Å²) in [6.45, 7) is 1.51. The Hall–Kier alpha value is -1.91. The topological polar surface area (TPSA) is 21.1 Å². The second kappa shape index (κ2) is 4.99. The molecule has 2 aromatic rings. The molecule has 100 valence electrons. The Morgan fingerprint density at radius 1 is 1.16 bits per heavy atom. The van der Waals surface area contributed by atoms with E-state index in [1.54, 1.807) is 6.20 Å². The Labute approximate surface area is 110 Å². The van der Waals surface area contributed by atoms with Crippen LogP contribution in [0.4, 0.5) is 14.5 Å². The van der Waals surface area contributed by atoms with E-state index in [0.717, 1.165) is 32.0 Å². The second-order valence-corrected chi connectivity index (χ2v) is 4.80. The molecule has 0 unspecified atom stereocenters. The molecule has 0 saturated carbocycles. The fraction of sp³-hybridized carbons (Fsp3) is 0.357. The Balaban J connectivity index is 1.70. The number of benzene rings is 1. The molecule has 0 atom stereocenters. The fourth-order valence-corrected chi connectivity index (χ4v) is 2.61. The van der Waals surface area contributed by atoms with Crippen LogP contribution in [0.1, 0.15) is 18.9 Å². The highest BCUT2D eigenvalue weighted by Crippen LogP contribution is 2.27. The highest BCUT2D eigenvalue weighted by molar-refractivity contribution is 5.48. The zero-order chi connectivity index (χ0) is 13.2. The number of halogens is 2. The molecule has 1 saturated heterocycles. The van der Waals surface area contributed by atoms with E-state index in [2.05, 4.69) is 5.10 Å². The van der Waals surface area contributed by atoms with E-state index < -0.39 is 11.6 Å². The third kappa shape index (κ3) is 2.45. The van der Waals surface area contributed by atoms with Gasteiger partial charge in [0.2, 0.25) is 0 Å². The van der Waals surface area contributed by atoms with Crippen molar-refractivity contribution in [2.45, 2.75) is 18.9 Å². The van der Waals surface area contributed by atoms with Gasteiger partial charge in [-0.1, -0.05) is 0 Å². The highest BCUT2D eigenvalue weighted by atomic mass is 19.1. The summed E-state index contributed by atoms with van der Waals surface area (Å²) < 4.78 is 28.6. The van der Waals surface area contributed by atoms with Gasteiger partial charge in [-0.05, 0) is 31.0 Å². The molecule has 0 N–H and O–H groups in total. The van der Waals surface area contributed by atoms with Gasteiger partial charge in [-0.25, -0.2) is 8.78 Å². The average Bonchev–Trinajstić information content (AvgIpc) is 2.93. The maximum absolute atomic E-state index is 13.7. The van der Waals surface area contributed by atoms with Crippen molar-refractivity contribution in [1.29, 1.82) is 0 Å². The fourth-order valence-electron chi connectivity index (χ4n) is 2.61. The molecule has 0 amide bonds. The Bertz CT molecular complexity index is 546. The van der Waals surface area contributed by atoms with Crippen molar-refractivity contribution < 1.29 is 8.78 Å². The van der Waals surface area contributed by atoms with E-state index in [4.69, 9.17) is 0 Å². The number of hydrogen-bond donors (Lipinski definition) is 0. The van der Waals surface area contributed by atoms with Crippen molar-refractivity contribution in [2.75, 3.05) is 18.0 Å². The van der Waals surface area contributed by atoms with E-state index in [1.165, 1.54) is 12.1 Å². The van der Waals surface area contributed by atoms with Gasteiger partial charge in [-0.15, -0.1) is 0 Å². The van der Waals surface area contributed by atoms with Gasteiger partial charge >= 0.3 is 0 Å². The molecule has 1 aromatic heterocycles. The molecule has 1 fully saturated rings. The molecule has 1 aromatic carbocycles. The van der Waals surface area contributed by atoms with E-state index in [1.807, 2.05) is 21.8 Å². The highest BCUT2D eigenvalue weighted by Gasteiger charge is 2.22. The summed E-state index contributed by atoms with van der Waals surface area (Å²) in [6, 6.07) is 6.03. The standard InChI is InChI=1S/C14H15F2N3/c15-11-2-3-14(13(16)10-11)18-8-4-12(5-9-18)19-7-1-6-17-19/h1-3,6-7,10,12H,4-5,8-9H2. The lowest BCUT2D eigenvalue weighted by molar-refractivity contribution is 0.365. The quantitative estimate of drug-likeness (QED) is 0.830. The van der Waals surface area contributed by atoms with Crippen LogP contribution in [0.25, 0.3) is 0 Å². The number of anilines is 1. The van der Waals surface area contributed by atoms with Gasteiger partial charge in [0.1, 0.15) is 11.6 Å². The number of aromatic nitrogens is 2. The molecule has 0 spiro atoms. The van der Waals surface area contributed by atoms with Gasteiger partial charge in [0.25, 0.3) is 0 Å². The molecule has 0 radical (unpaired) electrons. The van der Waals surface area contributed by atoms with Crippen molar-refractivity contribution in [2.24, 2.45) is 0 Å². The second-order valence-electron chi connectivity index (χ2n) is 4.80. The van der Waals surface area contributed by atoms with Crippen LogP contribution in [0.3, 0.4) is 0 Å². The molecular weight excluding hydrogens is 248 g/mol. The minimum atomic E-state index is -0.535. The van der Waals surface area contributed by atoms with Crippen LogP contribution < -0.4 is 4.90 Å². The van der Waals surface area contributed by atoms with E-state index >= 15 is 0 Å². The molecular formula is C14H15F2N3. The van der Waals surface area contributed by atoms with Gasteiger partial charge in [-0.2, -0.15) is 5.10 Å². The third-order valence-corrected chi connectivity index (χ3v) is 3.61. The predicted octanol–water partition coefficient (Wildman–Crippen LogP) is 3.00. The first-order valence-corrected chi connectivity index (χ1v) is 6.43. The maximum atomic E-state index is 13.7. The average molecular weight is 263 g/mol. The molecule has 1 aliphatic rings. The molecule has 3 rings (SSSR count). The van der Waals surface area contributed by atoms with Gasteiger partial charge in [-0.3, -0.25) is 4.68 Å². The lowest BCUT2D eigenvalue weighted by Gasteiger charge is -2.33. The van der Waals surface area contributed by atoms with Crippen LogP contribution in [0.5, 0.6) is 0 Å². The summed E-state index contributed by atoms with van der Waals surface area (Å²) in [5.74, 6) is -1.02. The lowest BCUT2D eigenvalue weighted by Crippen LogP contribution is -2.35. The normalized spacial score (nSPS) is 16.8. The van der Waals surface area contributed by atoms with E-state index in [0.29, 0.717) is 11.7 Å². The summed E-state index contributed by atoms with van der Waals surface area (Å²) in [5.41, 5.74) is 0.486. The Morgan fingerprint density at radius 2 is 1.95 bits per heavy atom. The minimum Gasteiger partial charge on any atom is -0.369 e. The first-order valence-electron chi connectivity index (χ1n) is 6.43. The monoisotopic (exact) mass is 263 g/mol. The van der Waals surface area contributed by atoms with Crippen LogP contribution in [-0.4, -0.2) is 22.9 Å². The lowest BCUT2D eigenvalue weighted by atomic mass is 10.0. The van der Waals surface area contributed by atoms with Crippen molar-refractivity contribution in [1.82, 2.24) is 9.78 Å². The summed E-state index contributed by atoms with van der Waals surface area (Å²) >= 11 is 0. The third-order valence-electron chi connectivity index (χ3n) is 3.61. The Morgan fingerprint density at radius 3 is 2.58 bits per heavy atom. The SMILES string of the molecule is Fc1ccc(N2CCC(n3cccn3)CC2)c(F)c1. The van der Waals surface area contributed by atoms with Gasteiger partial charge < -0.3 is 4.90 Å². The summed E-state index contributed by atoms with van der Waals surface area (Å²) in [6.07, 6.45) is 5.56. The van der Waals surface area contributed by atoms with E-state index in [9.17, 15) is 8.78 Å². The molecule has 1 aliphatic heterocycles. The molecule has 0 aliphatic carbocycles. The number of nitrogens with zero attached hydrogens (tertiary/aromatic N) is 3. The molecule has 0 bridgehead atoms. The number of hydrogen-bond acceptors (Lipinski definition) is 2. The van der Waals surface area contributed by atoms with Crippen molar-refractivity contribution in [3.8, 4) is 0 Å². The smallest absolute Gasteiger partial charge is 0.149 e. The first kappa shape index (κ1) is 12.1. The van der Waals surface area contributed by atoms with Gasteiger partial charge in [0.15, 0.2) is 0 Å². The van der Waals surface area contributed by atoms with Crippen LogP contribution in [0.15, 0.2) is 36.7 Å². The molecule has 5 heteroatoms. The molecule has 3 nitrogen and oxygen atoms in total. The first-order chi connectivity index (χ1) is 9.24. The summed E-state index contributed by atoms with van der Waals surface area (Å²) in [4.78, 5) is 1.97.